The van der Waals surface area contributed by atoms with Crippen LogP contribution in [0.25, 0.3) is 0 Å². The summed E-state index contributed by atoms with van der Waals surface area (Å²) in [5, 5.41) is 9.57. The van der Waals surface area contributed by atoms with E-state index >= 15 is 0 Å². The van der Waals surface area contributed by atoms with Crippen LogP contribution in [-0.2, 0) is 14.4 Å². The first-order valence-corrected chi connectivity index (χ1v) is 8.31. The maximum atomic E-state index is 11.9. The molecule has 3 amide bonds. The molecule has 0 saturated heterocycles. The summed E-state index contributed by atoms with van der Waals surface area (Å²) in [7, 11) is 0. The quantitative estimate of drug-likeness (QED) is 0.397. The Labute approximate surface area is 156 Å². The molecule has 0 radical (unpaired) electrons. The van der Waals surface area contributed by atoms with Gasteiger partial charge in [-0.3, -0.25) is 14.4 Å². The molecular weight excluding hydrogens is 367 g/mol. The second-order valence-corrected chi connectivity index (χ2v) is 6.58. The summed E-state index contributed by atoms with van der Waals surface area (Å²) >= 11 is 11.8. The molecule has 9 heteroatoms. The Morgan fingerprint density at radius 3 is 2.44 bits per heavy atom. The molecule has 0 saturated carbocycles. The fourth-order valence-electron chi connectivity index (χ4n) is 1.63. The van der Waals surface area contributed by atoms with Crippen LogP contribution in [0.4, 0.5) is 5.69 Å². The molecule has 1 aromatic carbocycles. The Bertz CT molecular complexity index is 690. The van der Waals surface area contributed by atoms with E-state index in [1.807, 2.05) is 13.8 Å². The monoisotopic (exact) mass is 386 g/mol. The number of carbonyl (C=O) groups is 3. The van der Waals surface area contributed by atoms with Gasteiger partial charge in [0.15, 0.2) is 0 Å². The van der Waals surface area contributed by atoms with Crippen LogP contribution in [0.3, 0.4) is 0 Å². The average molecular weight is 387 g/mol. The largest absolute Gasteiger partial charge is 0.348 e. The minimum atomic E-state index is -0.888. The van der Waals surface area contributed by atoms with Crippen molar-refractivity contribution in [1.29, 1.82) is 0 Å². The molecule has 0 fully saturated rings. The molecule has 0 aromatic heterocycles. The fourth-order valence-corrected chi connectivity index (χ4v) is 2.09. The lowest BCUT2D eigenvalue weighted by molar-refractivity contribution is -0.139. The number of anilines is 1. The topological polar surface area (TPSA) is 99.7 Å². The summed E-state index contributed by atoms with van der Waals surface area (Å²) in [4.78, 5) is 35.0. The minimum Gasteiger partial charge on any atom is -0.348 e. The Kier molecular flexibility index (Phi) is 8.37. The van der Waals surface area contributed by atoms with Crippen molar-refractivity contribution < 1.29 is 14.4 Å². The zero-order valence-electron chi connectivity index (χ0n) is 14.2. The number of carbonyl (C=O) groups excluding carboxylic acids is 3. The molecule has 3 N–H and O–H groups in total. The molecule has 0 aliphatic carbocycles. The smallest absolute Gasteiger partial charge is 0.329 e. The lowest BCUT2D eigenvalue weighted by atomic mass is 10.2. The lowest BCUT2D eigenvalue weighted by Gasteiger charge is -2.08. The third kappa shape index (κ3) is 8.00. The van der Waals surface area contributed by atoms with Crippen LogP contribution in [0.1, 0.15) is 27.2 Å². The third-order valence-corrected chi connectivity index (χ3v) is 3.39. The number of benzene rings is 1. The summed E-state index contributed by atoms with van der Waals surface area (Å²) < 4.78 is 0. The highest BCUT2D eigenvalue weighted by Crippen LogP contribution is 2.25. The van der Waals surface area contributed by atoms with E-state index in [-0.39, 0.29) is 18.2 Å². The van der Waals surface area contributed by atoms with E-state index in [2.05, 4.69) is 21.2 Å². The number of hydrogen-bond donors (Lipinski definition) is 3. The summed E-state index contributed by atoms with van der Waals surface area (Å²) in [6, 6.07) is 4.69. The molecule has 0 atom stereocenters. The number of nitrogens with one attached hydrogen (secondary N) is 3. The zero-order valence-corrected chi connectivity index (χ0v) is 15.7. The molecule has 7 nitrogen and oxygen atoms in total. The Morgan fingerprint density at radius 2 is 1.84 bits per heavy atom. The van der Waals surface area contributed by atoms with Crippen LogP contribution in [0.5, 0.6) is 0 Å². The highest BCUT2D eigenvalue weighted by Gasteiger charge is 2.13. The maximum absolute atomic E-state index is 11.9. The van der Waals surface area contributed by atoms with Gasteiger partial charge in [-0.05, 0) is 31.0 Å². The van der Waals surface area contributed by atoms with Crippen molar-refractivity contribution in [3.05, 3.63) is 28.2 Å². The molecule has 1 rings (SSSR count). The molecule has 1 aromatic rings. The van der Waals surface area contributed by atoms with E-state index in [0.29, 0.717) is 28.0 Å². The summed E-state index contributed by atoms with van der Waals surface area (Å²) in [6.45, 7) is 5.76. The Hall–Kier alpha value is -2.12. The highest BCUT2D eigenvalue weighted by atomic mass is 35.5. The van der Waals surface area contributed by atoms with Crippen molar-refractivity contribution in [1.82, 2.24) is 10.7 Å². The SMILES string of the molecule is CC(CC(=O)Nc1ccc(Cl)cc1Cl)=NNC(=O)C(=O)NCC(C)C. The van der Waals surface area contributed by atoms with E-state index in [4.69, 9.17) is 23.2 Å². The fraction of sp³-hybridized carbons (Fsp3) is 0.375. The van der Waals surface area contributed by atoms with Crippen molar-refractivity contribution in [2.24, 2.45) is 11.0 Å². The van der Waals surface area contributed by atoms with Gasteiger partial charge in [-0.15, -0.1) is 0 Å². The maximum Gasteiger partial charge on any atom is 0.329 e. The van der Waals surface area contributed by atoms with Gasteiger partial charge in [-0.2, -0.15) is 5.10 Å². The van der Waals surface area contributed by atoms with E-state index in [1.165, 1.54) is 6.07 Å². The van der Waals surface area contributed by atoms with Gasteiger partial charge in [-0.1, -0.05) is 37.0 Å². The first-order valence-electron chi connectivity index (χ1n) is 7.55. The molecular formula is C16H20Cl2N4O3. The highest BCUT2D eigenvalue weighted by molar-refractivity contribution is 6.37. The van der Waals surface area contributed by atoms with Crippen molar-refractivity contribution in [3.8, 4) is 0 Å². The number of halogens is 2. The predicted molar refractivity (Wildman–Crippen MR) is 98.8 cm³/mol. The molecule has 0 heterocycles. The number of amides is 3. The van der Waals surface area contributed by atoms with Crippen molar-refractivity contribution >= 4 is 52.3 Å². The molecule has 0 unspecified atom stereocenters. The van der Waals surface area contributed by atoms with Crippen LogP contribution in [0.15, 0.2) is 23.3 Å². The van der Waals surface area contributed by atoms with Gasteiger partial charge in [0.2, 0.25) is 5.91 Å². The number of nitrogens with zero attached hydrogens (tertiary/aromatic N) is 1. The van der Waals surface area contributed by atoms with Crippen LogP contribution in [0, 0.1) is 5.92 Å². The van der Waals surface area contributed by atoms with E-state index in [0.717, 1.165) is 0 Å². The van der Waals surface area contributed by atoms with Crippen LogP contribution >= 0.6 is 23.2 Å². The summed E-state index contributed by atoms with van der Waals surface area (Å²) in [5.41, 5.74) is 2.85. The molecule has 0 bridgehead atoms. The van der Waals surface area contributed by atoms with E-state index in [9.17, 15) is 14.4 Å². The second kappa shape index (κ2) is 10.0. The first-order chi connectivity index (χ1) is 11.7. The molecule has 0 aliphatic rings. The van der Waals surface area contributed by atoms with Crippen molar-refractivity contribution in [3.63, 3.8) is 0 Å². The first kappa shape index (κ1) is 20.9. The molecule has 0 aliphatic heterocycles. The molecule has 136 valence electrons. The normalized spacial score (nSPS) is 11.2. The predicted octanol–water partition coefficient (Wildman–Crippen LogP) is 2.59. The third-order valence-electron chi connectivity index (χ3n) is 2.85. The number of hydrazone groups is 1. The zero-order chi connectivity index (χ0) is 19.0. The number of hydrogen-bond acceptors (Lipinski definition) is 4. The number of rotatable bonds is 6. The van der Waals surface area contributed by atoms with Gasteiger partial charge in [0, 0.05) is 17.3 Å². The van der Waals surface area contributed by atoms with Crippen molar-refractivity contribution in [2.45, 2.75) is 27.2 Å². The second-order valence-electron chi connectivity index (χ2n) is 5.74. The van der Waals surface area contributed by atoms with Crippen molar-refractivity contribution in [2.75, 3.05) is 11.9 Å². The van der Waals surface area contributed by atoms with E-state index < -0.39 is 11.8 Å². The average Bonchev–Trinajstić information content (AvgIpc) is 2.52. The van der Waals surface area contributed by atoms with Gasteiger partial charge in [-0.25, -0.2) is 5.43 Å². The standard InChI is InChI=1S/C16H20Cl2N4O3/c1-9(2)8-19-15(24)16(25)22-21-10(3)6-14(23)20-13-5-4-11(17)7-12(13)18/h4-5,7,9H,6,8H2,1-3H3,(H,19,24)(H,20,23)(H,22,25). The summed E-state index contributed by atoms with van der Waals surface area (Å²) in [5.74, 6) is -1.81. The Balaban J connectivity index is 2.50. The summed E-state index contributed by atoms with van der Waals surface area (Å²) in [6.07, 6.45) is -0.0765. The lowest BCUT2D eigenvalue weighted by Crippen LogP contribution is -2.39. The van der Waals surface area contributed by atoms with Crippen LogP contribution in [-0.4, -0.2) is 30.0 Å². The van der Waals surface area contributed by atoms with Gasteiger partial charge >= 0.3 is 11.8 Å². The molecule has 25 heavy (non-hydrogen) atoms. The molecule has 0 spiro atoms. The van der Waals surface area contributed by atoms with Crippen LogP contribution < -0.4 is 16.1 Å². The Morgan fingerprint density at radius 1 is 1.16 bits per heavy atom. The minimum absolute atomic E-state index is 0.0765. The van der Waals surface area contributed by atoms with Gasteiger partial charge in [0.05, 0.1) is 17.1 Å². The van der Waals surface area contributed by atoms with Gasteiger partial charge < -0.3 is 10.6 Å². The van der Waals surface area contributed by atoms with Gasteiger partial charge in [0.25, 0.3) is 0 Å². The van der Waals surface area contributed by atoms with Gasteiger partial charge in [0.1, 0.15) is 0 Å². The van der Waals surface area contributed by atoms with E-state index in [1.54, 1.807) is 19.1 Å². The van der Waals surface area contributed by atoms with Crippen LogP contribution in [0.2, 0.25) is 10.0 Å².